The summed E-state index contributed by atoms with van der Waals surface area (Å²) >= 11 is 0. The summed E-state index contributed by atoms with van der Waals surface area (Å²) in [5, 5.41) is 1.93. The van der Waals surface area contributed by atoms with Crippen LogP contribution in [-0.2, 0) is 0 Å². The molecule has 3 N–H and O–H groups in total. The van der Waals surface area contributed by atoms with E-state index in [1.54, 1.807) is 0 Å². The molecule has 0 radical (unpaired) electrons. The van der Waals surface area contributed by atoms with Crippen LogP contribution in [0.5, 0.6) is 0 Å². The van der Waals surface area contributed by atoms with E-state index in [9.17, 15) is 18.0 Å². The Hall–Kier alpha value is -1.02. The number of urea groups is 1. The van der Waals surface area contributed by atoms with Gasteiger partial charge in [-0.1, -0.05) is 6.92 Å². The summed E-state index contributed by atoms with van der Waals surface area (Å²) in [4.78, 5) is 15.5. The highest BCUT2D eigenvalue weighted by Crippen LogP contribution is 2.14. The van der Waals surface area contributed by atoms with Crippen LogP contribution in [0, 0.1) is 0 Å². The predicted molar refractivity (Wildman–Crippen MR) is 75.0 cm³/mol. The standard InChI is InChI=1S/C13H25F3N4O/c1-2-11(4-5-17)19-6-3-7-20(9-8-19)12(21)18-10-13(14,15)16/h11H,2-10,17H2,1H3,(H,18,21). The van der Waals surface area contributed by atoms with E-state index >= 15 is 0 Å². The first-order valence-electron chi connectivity index (χ1n) is 7.41. The molecule has 8 heteroatoms. The molecule has 0 saturated carbocycles. The number of hydrogen-bond acceptors (Lipinski definition) is 3. The van der Waals surface area contributed by atoms with E-state index in [0.717, 1.165) is 25.8 Å². The van der Waals surface area contributed by atoms with E-state index in [-0.39, 0.29) is 0 Å². The van der Waals surface area contributed by atoms with Gasteiger partial charge in [0.1, 0.15) is 6.54 Å². The molecule has 1 aliphatic heterocycles. The zero-order chi connectivity index (χ0) is 15.9. The normalized spacial score (nSPS) is 19.2. The first-order valence-corrected chi connectivity index (χ1v) is 7.41. The molecule has 1 saturated heterocycles. The molecule has 0 aromatic rings. The molecule has 21 heavy (non-hydrogen) atoms. The van der Waals surface area contributed by atoms with Crippen molar-refractivity contribution < 1.29 is 18.0 Å². The number of carbonyl (C=O) groups is 1. The van der Waals surface area contributed by atoms with Crippen molar-refractivity contribution in [3.8, 4) is 0 Å². The number of nitrogens with zero attached hydrogens (tertiary/aromatic N) is 2. The molecular formula is C13H25F3N4O. The minimum Gasteiger partial charge on any atom is -0.330 e. The Kier molecular flexibility index (Phi) is 7.24. The molecular weight excluding hydrogens is 285 g/mol. The van der Waals surface area contributed by atoms with E-state index in [4.69, 9.17) is 5.73 Å². The van der Waals surface area contributed by atoms with Gasteiger partial charge in [-0.25, -0.2) is 4.79 Å². The van der Waals surface area contributed by atoms with E-state index < -0.39 is 18.8 Å². The second-order valence-electron chi connectivity index (χ2n) is 5.29. The van der Waals surface area contributed by atoms with Crippen molar-refractivity contribution in [2.45, 2.75) is 38.4 Å². The van der Waals surface area contributed by atoms with Gasteiger partial charge in [-0.2, -0.15) is 13.2 Å². The number of nitrogens with one attached hydrogen (secondary N) is 1. The van der Waals surface area contributed by atoms with Crippen LogP contribution in [0.1, 0.15) is 26.2 Å². The molecule has 0 spiro atoms. The number of hydrogen-bond donors (Lipinski definition) is 2. The van der Waals surface area contributed by atoms with Crippen LogP contribution in [0.25, 0.3) is 0 Å². The molecule has 2 amide bonds. The summed E-state index contributed by atoms with van der Waals surface area (Å²) in [6.07, 6.45) is -1.73. The summed E-state index contributed by atoms with van der Waals surface area (Å²) in [5.74, 6) is 0. The van der Waals surface area contributed by atoms with Crippen LogP contribution < -0.4 is 11.1 Å². The van der Waals surface area contributed by atoms with Crippen molar-refractivity contribution in [1.29, 1.82) is 0 Å². The van der Waals surface area contributed by atoms with Crippen molar-refractivity contribution in [2.24, 2.45) is 5.73 Å². The van der Waals surface area contributed by atoms with E-state index in [0.29, 0.717) is 32.2 Å². The van der Waals surface area contributed by atoms with Gasteiger partial charge in [-0.15, -0.1) is 0 Å². The Morgan fingerprint density at radius 3 is 2.57 bits per heavy atom. The quantitative estimate of drug-likeness (QED) is 0.807. The number of rotatable bonds is 5. The van der Waals surface area contributed by atoms with Gasteiger partial charge >= 0.3 is 12.2 Å². The second-order valence-corrected chi connectivity index (χ2v) is 5.29. The maximum absolute atomic E-state index is 12.1. The van der Waals surface area contributed by atoms with Crippen molar-refractivity contribution >= 4 is 6.03 Å². The molecule has 0 aliphatic carbocycles. The average molecular weight is 310 g/mol. The highest BCUT2D eigenvalue weighted by atomic mass is 19.4. The Balaban J connectivity index is 2.46. The lowest BCUT2D eigenvalue weighted by Crippen LogP contribution is -2.45. The van der Waals surface area contributed by atoms with Crippen molar-refractivity contribution in [1.82, 2.24) is 15.1 Å². The predicted octanol–water partition coefficient (Wildman–Crippen LogP) is 1.39. The van der Waals surface area contributed by atoms with Gasteiger partial charge in [-0.3, -0.25) is 4.90 Å². The molecule has 1 unspecified atom stereocenters. The molecule has 1 heterocycles. The minimum atomic E-state index is -4.37. The van der Waals surface area contributed by atoms with E-state index in [1.165, 1.54) is 4.90 Å². The van der Waals surface area contributed by atoms with Crippen molar-refractivity contribution in [3.05, 3.63) is 0 Å². The zero-order valence-corrected chi connectivity index (χ0v) is 12.5. The van der Waals surface area contributed by atoms with Gasteiger partial charge in [0.05, 0.1) is 0 Å². The number of nitrogens with two attached hydrogens (primary N) is 1. The highest BCUT2D eigenvalue weighted by molar-refractivity contribution is 5.74. The van der Waals surface area contributed by atoms with Crippen LogP contribution in [0.4, 0.5) is 18.0 Å². The lowest BCUT2D eigenvalue weighted by Gasteiger charge is -2.29. The largest absolute Gasteiger partial charge is 0.405 e. The van der Waals surface area contributed by atoms with Gasteiger partial charge in [0.25, 0.3) is 0 Å². The molecule has 1 atom stereocenters. The van der Waals surface area contributed by atoms with Gasteiger partial charge in [-0.05, 0) is 25.8 Å². The number of alkyl halides is 3. The van der Waals surface area contributed by atoms with Gasteiger partial charge in [0.2, 0.25) is 0 Å². The molecule has 0 aromatic carbocycles. The fourth-order valence-corrected chi connectivity index (χ4v) is 2.63. The van der Waals surface area contributed by atoms with Gasteiger partial charge < -0.3 is 16.0 Å². The first-order chi connectivity index (χ1) is 9.87. The fourth-order valence-electron chi connectivity index (χ4n) is 2.63. The Labute approximate surface area is 123 Å². The average Bonchev–Trinajstić information content (AvgIpc) is 2.67. The third kappa shape index (κ3) is 6.52. The van der Waals surface area contributed by atoms with Gasteiger partial charge in [0.15, 0.2) is 0 Å². The monoisotopic (exact) mass is 310 g/mol. The molecule has 1 fully saturated rings. The van der Waals surface area contributed by atoms with Crippen LogP contribution >= 0.6 is 0 Å². The Morgan fingerprint density at radius 2 is 2.00 bits per heavy atom. The number of halogens is 3. The molecule has 0 bridgehead atoms. The first kappa shape index (κ1) is 18.0. The number of amides is 2. The third-order valence-corrected chi connectivity index (χ3v) is 3.75. The Bertz CT molecular complexity index is 325. The lowest BCUT2D eigenvalue weighted by atomic mass is 10.1. The summed E-state index contributed by atoms with van der Waals surface area (Å²) in [7, 11) is 0. The molecule has 5 nitrogen and oxygen atoms in total. The summed E-state index contributed by atoms with van der Waals surface area (Å²) in [5.41, 5.74) is 5.60. The summed E-state index contributed by atoms with van der Waals surface area (Å²) in [6.45, 7) is 3.89. The Morgan fingerprint density at radius 1 is 1.29 bits per heavy atom. The number of carbonyl (C=O) groups excluding carboxylic acids is 1. The fraction of sp³-hybridized carbons (Fsp3) is 0.923. The van der Waals surface area contributed by atoms with Crippen LogP contribution in [0.3, 0.4) is 0 Å². The van der Waals surface area contributed by atoms with E-state index in [2.05, 4.69) is 11.8 Å². The summed E-state index contributed by atoms with van der Waals surface area (Å²) < 4.78 is 36.3. The topological polar surface area (TPSA) is 61.6 Å². The van der Waals surface area contributed by atoms with Crippen LogP contribution in [-0.4, -0.2) is 67.3 Å². The SMILES string of the molecule is CCC(CCN)N1CCCN(C(=O)NCC(F)(F)F)CC1. The van der Waals surface area contributed by atoms with Crippen LogP contribution in [0.2, 0.25) is 0 Å². The maximum atomic E-state index is 12.1. The van der Waals surface area contributed by atoms with Crippen LogP contribution in [0.15, 0.2) is 0 Å². The molecule has 0 aromatic heterocycles. The molecule has 1 aliphatic rings. The van der Waals surface area contributed by atoms with Crippen molar-refractivity contribution in [2.75, 3.05) is 39.3 Å². The zero-order valence-electron chi connectivity index (χ0n) is 12.5. The second kappa shape index (κ2) is 8.43. The van der Waals surface area contributed by atoms with Gasteiger partial charge in [0, 0.05) is 32.2 Å². The van der Waals surface area contributed by atoms with E-state index in [1.807, 2.05) is 5.32 Å². The molecule has 1 rings (SSSR count). The smallest absolute Gasteiger partial charge is 0.330 e. The lowest BCUT2D eigenvalue weighted by molar-refractivity contribution is -0.123. The highest BCUT2D eigenvalue weighted by Gasteiger charge is 2.29. The third-order valence-electron chi connectivity index (χ3n) is 3.75. The minimum absolute atomic E-state index is 0.383. The maximum Gasteiger partial charge on any atom is 0.405 e. The molecule has 124 valence electrons. The van der Waals surface area contributed by atoms with Crippen molar-refractivity contribution in [3.63, 3.8) is 0 Å². The summed E-state index contributed by atoms with van der Waals surface area (Å²) in [6, 6.07) is -0.255.